The van der Waals surface area contributed by atoms with Gasteiger partial charge in [0.2, 0.25) is 6.54 Å². The van der Waals surface area contributed by atoms with Crippen molar-refractivity contribution in [3.8, 4) is 22.9 Å². The van der Waals surface area contributed by atoms with Crippen molar-refractivity contribution in [1.29, 1.82) is 0 Å². The van der Waals surface area contributed by atoms with Crippen molar-refractivity contribution in [2.24, 2.45) is 0 Å². The fourth-order valence-electron chi connectivity index (χ4n) is 4.63. The van der Waals surface area contributed by atoms with Gasteiger partial charge in [-0.05, 0) is 72.1 Å². The van der Waals surface area contributed by atoms with Gasteiger partial charge in [-0.15, -0.1) is 10.2 Å². The summed E-state index contributed by atoms with van der Waals surface area (Å²) >= 11 is 1.28. The normalized spacial score (nSPS) is 11.8. The first-order valence-corrected chi connectivity index (χ1v) is 14.1. The van der Waals surface area contributed by atoms with E-state index in [0.717, 1.165) is 33.3 Å². The Bertz CT molecular complexity index is 1650. The summed E-state index contributed by atoms with van der Waals surface area (Å²) in [7, 11) is 1.56. The third-order valence-electron chi connectivity index (χ3n) is 6.59. The summed E-state index contributed by atoms with van der Waals surface area (Å²) in [6.07, 6.45) is 0. The monoisotopic (exact) mass is 570 g/mol. The standard InChI is InChI=1S/C31H30N4O5S/c1-4-39-26-15-13-25(14-16-26)35-21(2)32-33-31(35)41-30(19-34(36)37)23-12-17-28(29(18-23)38-3)40-20-24-10-7-9-22-8-5-6-11-27(22)24/h5-18,30H,4,19-20H2,1-3H3/t30-/m0/s1. The highest BCUT2D eigenvalue weighted by molar-refractivity contribution is 7.99. The zero-order chi connectivity index (χ0) is 28.8. The average molecular weight is 571 g/mol. The second kappa shape index (κ2) is 12.7. The molecule has 0 aliphatic carbocycles. The van der Waals surface area contributed by atoms with Gasteiger partial charge >= 0.3 is 0 Å². The van der Waals surface area contributed by atoms with Gasteiger partial charge in [0.15, 0.2) is 16.7 Å². The number of thioether (sulfide) groups is 1. The smallest absolute Gasteiger partial charge is 0.220 e. The minimum atomic E-state index is -0.545. The molecule has 0 aliphatic heterocycles. The van der Waals surface area contributed by atoms with E-state index in [1.54, 1.807) is 19.2 Å². The van der Waals surface area contributed by atoms with E-state index in [2.05, 4.69) is 28.4 Å². The summed E-state index contributed by atoms with van der Waals surface area (Å²) < 4.78 is 19.2. The van der Waals surface area contributed by atoms with Crippen LogP contribution in [0.4, 0.5) is 0 Å². The Morgan fingerprint density at radius 2 is 1.73 bits per heavy atom. The van der Waals surface area contributed by atoms with Crippen LogP contribution in [-0.2, 0) is 6.61 Å². The molecule has 0 saturated carbocycles. The molecule has 1 heterocycles. The molecule has 0 amide bonds. The van der Waals surface area contributed by atoms with Crippen molar-refractivity contribution in [2.75, 3.05) is 20.3 Å². The molecule has 0 aliphatic rings. The van der Waals surface area contributed by atoms with E-state index in [1.165, 1.54) is 11.8 Å². The van der Waals surface area contributed by atoms with Crippen LogP contribution >= 0.6 is 11.8 Å². The van der Waals surface area contributed by atoms with Gasteiger partial charge in [-0.2, -0.15) is 0 Å². The van der Waals surface area contributed by atoms with Gasteiger partial charge < -0.3 is 14.2 Å². The van der Waals surface area contributed by atoms with Crippen molar-refractivity contribution in [3.63, 3.8) is 0 Å². The largest absolute Gasteiger partial charge is 0.494 e. The highest BCUT2D eigenvalue weighted by Crippen LogP contribution is 2.40. The Morgan fingerprint density at radius 1 is 0.951 bits per heavy atom. The molecule has 4 aromatic carbocycles. The first kappa shape index (κ1) is 28.0. The number of aryl methyl sites for hydroxylation is 1. The van der Waals surface area contributed by atoms with Crippen LogP contribution in [0.2, 0.25) is 0 Å². The highest BCUT2D eigenvalue weighted by atomic mass is 32.2. The van der Waals surface area contributed by atoms with Gasteiger partial charge in [-0.3, -0.25) is 14.7 Å². The number of nitrogens with zero attached hydrogens (tertiary/aromatic N) is 4. The number of hydrogen-bond donors (Lipinski definition) is 0. The fourth-order valence-corrected chi connectivity index (χ4v) is 5.79. The number of rotatable bonds is 12. The molecule has 0 saturated heterocycles. The maximum atomic E-state index is 11.7. The molecule has 0 bridgehead atoms. The molecule has 0 unspecified atom stereocenters. The second-order valence-electron chi connectivity index (χ2n) is 9.25. The van der Waals surface area contributed by atoms with Crippen molar-refractivity contribution < 1.29 is 19.1 Å². The Labute approximate surface area is 242 Å². The van der Waals surface area contributed by atoms with E-state index in [4.69, 9.17) is 14.2 Å². The highest BCUT2D eigenvalue weighted by Gasteiger charge is 2.25. The lowest BCUT2D eigenvalue weighted by Gasteiger charge is -2.17. The Kier molecular flexibility index (Phi) is 8.69. The van der Waals surface area contributed by atoms with Crippen LogP contribution in [0.3, 0.4) is 0 Å². The molecule has 41 heavy (non-hydrogen) atoms. The van der Waals surface area contributed by atoms with Crippen LogP contribution < -0.4 is 14.2 Å². The first-order chi connectivity index (χ1) is 20.0. The second-order valence-corrected chi connectivity index (χ2v) is 10.4. The summed E-state index contributed by atoms with van der Waals surface area (Å²) in [6.45, 7) is 4.40. The van der Waals surface area contributed by atoms with Crippen LogP contribution in [0.15, 0.2) is 90.1 Å². The maximum absolute atomic E-state index is 11.7. The van der Waals surface area contributed by atoms with E-state index in [0.29, 0.717) is 35.7 Å². The molecule has 0 radical (unpaired) electrons. The van der Waals surface area contributed by atoms with Crippen LogP contribution in [0.5, 0.6) is 17.2 Å². The van der Waals surface area contributed by atoms with Crippen molar-refractivity contribution in [2.45, 2.75) is 30.9 Å². The molecule has 0 N–H and O–H groups in total. The molecule has 5 aromatic rings. The molecule has 1 aromatic heterocycles. The van der Waals surface area contributed by atoms with Crippen molar-refractivity contribution in [1.82, 2.24) is 14.8 Å². The lowest BCUT2D eigenvalue weighted by Crippen LogP contribution is -2.11. The Balaban J connectivity index is 1.40. The molecule has 5 rings (SSSR count). The third-order valence-corrected chi connectivity index (χ3v) is 7.77. The lowest BCUT2D eigenvalue weighted by atomic mass is 10.1. The molecule has 9 nitrogen and oxygen atoms in total. The van der Waals surface area contributed by atoms with E-state index < -0.39 is 5.25 Å². The zero-order valence-corrected chi connectivity index (χ0v) is 23.8. The average Bonchev–Trinajstić information content (AvgIpc) is 3.35. The lowest BCUT2D eigenvalue weighted by molar-refractivity contribution is -0.479. The quantitative estimate of drug-likeness (QED) is 0.0914. The molecule has 10 heteroatoms. The number of nitro groups is 1. The van der Waals surface area contributed by atoms with Gasteiger partial charge in [-0.1, -0.05) is 60.3 Å². The molecule has 0 spiro atoms. The predicted octanol–water partition coefficient (Wildman–Crippen LogP) is 6.83. The fraction of sp³-hybridized carbons (Fsp3) is 0.226. The number of fused-ring (bicyclic) bond motifs is 1. The molecule has 210 valence electrons. The molecular weight excluding hydrogens is 540 g/mol. The van der Waals surface area contributed by atoms with Crippen LogP contribution in [-0.4, -0.2) is 39.9 Å². The van der Waals surface area contributed by atoms with Crippen molar-refractivity contribution >= 4 is 22.5 Å². The van der Waals surface area contributed by atoms with Gasteiger partial charge in [0.25, 0.3) is 0 Å². The number of ether oxygens (including phenoxy) is 3. The molecule has 0 fully saturated rings. The summed E-state index contributed by atoms with van der Waals surface area (Å²) in [5.41, 5.74) is 2.62. The minimum Gasteiger partial charge on any atom is -0.494 e. The summed E-state index contributed by atoms with van der Waals surface area (Å²) in [6, 6.07) is 27.3. The Hall–Kier alpha value is -4.57. The van der Waals surface area contributed by atoms with Crippen LogP contribution in [0.1, 0.15) is 29.1 Å². The van der Waals surface area contributed by atoms with Crippen molar-refractivity contribution in [3.05, 3.63) is 112 Å². The zero-order valence-electron chi connectivity index (χ0n) is 23.0. The number of benzene rings is 4. The van der Waals surface area contributed by atoms with E-state index in [-0.39, 0.29) is 11.5 Å². The van der Waals surface area contributed by atoms with Crippen LogP contribution in [0.25, 0.3) is 16.5 Å². The SMILES string of the molecule is CCOc1ccc(-n2c(C)nnc2S[C@@H](C[N+](=O)[O-])c2ccc(OCc3cccc4ccccc34)c(OC)c2)cc1. The summed E-state index contributed by atoms with van der Waals surface area (Å²) in [5.74, 6) is 2.49. The third kappa shape index (κ3) is 6.44. The minimum absolute atomic E-state index is 0.306. The van der Waals surface area contributed by atoms with Gasteiger partial charge in [0, 0.05) is 10.6 Å². The van der Waals surface area contributed by atoms with Crippen LogP contribution in [0, 0.1) is 17.0 Å². The number of hydrogen-bond acceptors (Lipinski definition) is 8. The van der Waals surface area contributed by atoms with E-state index in [1.807, 2.05) is 73.0 Å². The topological polar surface area (TPSA) is 102 Å². The number of aromatic nitrogens is 3. The Morgan fingerprint density at radius 3 is 2.49 bits per heavy atom. The van der Waals surface area contributed by atoms with Gasteiger partial charge in [0.05, 0.1) is 13.7 Å². The summed E-state index contributed by atoms with van der Waals surface area (Å²) in [5, 5.41) is 22.6. The maximum Gasteiger partial charge on any atom is 0.220 e. The predicted molar refractivity (Wildman–Crippen MR) is 159 cm³/mol. The summed E-state index contributed by atoms with van der Waals surface area (Å²) in [4.78, 5) is 11.4. The van der Waals surface area contributed by atoms with Gasteiger partial charge in [0.1, 0.15) is 23.4 Å². The van der Waals surface area contributed by atoms with E-state index >= 15 is 0 Å². The van der Waals surface area contributed by atoms with Gasteiger partial charge in [-0.25, -0.2) is 0 Å². The van der Waals surface area contributed by atoms with E-state index in [9.17, 15) is 10.1 Å². The number of methoxy groups -OCH3 is 1. The molecule has 1 atom stereocenters. The molecular formula is C31H30N4O5S. The first-order valence-electron chi connectivity index (χ1n) is 13.2.